The highest BCUT2D eigenvalue weighted by Crippen LogP contribution is 2.18. The Morgan fingerprint density at radius 2 is 1.62 bits per heavy atom. The lowest BCUT2D eigenvalue weighted by atomic mass is 10.2. The first-order chi connectivity index (χ1) is 10.1. The van der Waals surface area contributed by atoms with Crippen LogP contribution in [0.15, 0.2) is 48.5 Å². The second-order valence-corrected chi connectivity index (χ2v) is 5.43. The molecule has 0 aromatic heterocycles. The molecule has 110 valence electrons. The lowest BCUT2D eigenvalue weighted by Gasteiger charge is -2.08. The third-order valence-corrected chi connectivity index (χ3v) is 3.30. The second kappa shape index (κ2) is 7.91. The minimum atomic E-state index is -0.167. The lowest BCUT2D eigenvalue weighted by molar-refractivity contribution is 0.0953. The Bertz CT molecular complexity index is 582. The molecule has 0 aliphatic rings. The van der Waals surface area contributed by atoms with Gasteiger partial charge in [0.2, 0.25) is 0 Å². The van der Waals surface area contributed by atoms with Crippen LogP contribution in [-0.4, -0.2) is 19.0 Å². The SMILES string of the molecule is O=C(NCCCNc1ccccc1)c1cc(Cl)cc(Cl)c1. The zero-order valence-corrected chi connectivity index (χ0v) is 12.9. The quantitative estimate of drug-likeness (QED) is 0.781. The maximum Gasteiger partial charge on any atom is 0.251 e. The van der Waals surface area contributed by atoms with E-state index in [0.717, 1.165) is 18.7 Å². The molecule has 0 saturated carbocycles. The fourth-order valence-electron chi connectivity index (χ4n) is 1.87. The van der Waals surface area contributed by atoms with Crippen molar-refractivity contribution >= 4 is 34.8 Å². The summed E-state index contributed by atoms with van der Waals surface area (Å²) in [4.78, 5) is 11.9. The summed E-state index contributed by atoms with van der Waals surface area (Å²) in [6.07, 6.45) is 0.828. The molecule has 21 heavy (non-hydrogen) atoms. The van der Waals surface area contributed by atoms with Gasteiger partial charge in [-0.15, -0.1) is 0 Å². The second-order valence-electron chi connectivity index (χ2n) is 4.56. The molecular weight excluding hydrogens is 307 g/mol. The first-order valence-corrected chi connectivity index (χ1v) is 7.44. The van der Waals surface area contributed by atoms with E-state index in [1.54, 1.807) is 18.2 Å². The molecule has 0 fully saturated rings. The molecule has 3 nitrogen and oxygen atoms in total. The first-order valence-electron chi connectivity index (χ1n) is 6.68. The normalized spacial score (nSPS) is 10.2. The van der Waals surface area contributed by atoms with Crippen molar-refractivity contribution in [1.82, 2.24) is 5.32 Å². The van der Waals surface area contributed by atoms with Crippen molar-refractivity contribution in [3.63, 3.8) is 0 Å². The summed E-state index contributed by atoms with van der Waals surface area (Å²) in [5.74, 6) is -0.167. The highest BCUT2D eigenvalue weighted by molar-refractivity contribution is 6.35. The van der Waals surface area contributed by atoms with Gasteiger partial charge in [0.15, 0.2) is 0 Å². The van der Waals surface area contributed by atoms with Crippen LogP contribution in [0, 0.1) is 0 Å². The summed E-state index contributed by atoms with van der Waals surface area (Å²) in [6, 6.07) is 14.8. The molecule has 2 aromatic rings. The zero-order chi connectivity index (χ0) is 15.1. The van der Waals surface area contributed by atoms with Gasteiger partial charge in [-0.1, -0.05) is 41.4 Å². The number of carbonyl (C=O) groups is 1. The molecule has 0 aliphatic heterocycles. The summed E-state index contributed by atoms with van der Waals surface area (Å²) in [7, 11) is 0. The van der Waals surface area contributed by atoms with Crippen molar-refractivity contribution in [1.29, 1.82) is 0 Å². The fourth-order valence-corrected chi connectivity index (χ4v) is 2.39. The van der Waals surface area contributed by atoms with E-state index < -0.39 is 0 Å². The van der Waals surface area contributed by atoms with E-state index in [0.29, 0.717) is 22.2 Å². The summed E-state index contributed by atoms with van der Waals surface area (Å²) < 4.78 is 0. The van der Waals surface area contributed by atoms with Crippen LogP contribution in [-0.2, 0) is 0 Å². The number of nitrogens with one attached hydrogen (secondary N) is 2. The van der Waals surface area contributed by atoms with E-state index in [2.05, 4.69) is 10.6 Å². The Morgan fingerprint density at radius 3 is 2.29 bits per heavy atom. The Balaban J connectivity index is 1.72. The smallest absolute Gasteiger partial charge is 0.251 e. The number of amides is 1. The third-order valence-electron chi connectivity index (χ3n) is 2.87. The lowest BCUT2D eigenvalue weighted by Crippen LogP contribution is -2.25. The molecule has 5 heteroatoms. The van der Waals surface area contributed by atoms with Gasteiger partial charge in [-0.3, -0.25) is 4.79 Å². The predicted octanol–water partition coefficient (Wildman–Crippen LogP) is 4.23. The van der Waals surface area contributed by atoms with Crippen molar-refractivity contribution < 1.29 is 4.79 Å². The summed E-state index contributed by atoms with van der Waals surface area (Å²) in [5, 5.41) is 7.04. The van der Waals surface area contributed by atoms with Crippen molar-refractivity contribution in [2.45, 2.75) is 6.42 Å². The Kier molecular flexibility index (Phi) is 5.90. The van der Waals surface area contributed by atoms with Crippen molar-refractivity contribution in [2.75, 3.05) is 18.4 Å². The van der Waals surface area contributed by atoms with Crippen LogP contribution in [0.1, 0.15) is 16.8 Å². The first kappa shape index (κ1) is 15.7. The van der Waals surface area contributed by atoms with Crippen molar-refractivity contribution in [2.24, 2.45) is 0 Å². The van der Waals surface area contributed by atoms with Crippen LogP contribution in [0.2, 0.25) is 10.0 Å². The van der Waals surface area contributed by atoms with Crippen LogP contribution in [0.25, 0.3) is 0 Å². The maximum absolute atomic E-state index is 11.9. The van der Waals surface area contributed by atoms with Gasteiger partial charge >= 0.3 is 0 Å². The molecular formula is C16H16Cl2N2O. The number of hydrogen-bond acceptors (Lipinski definition) is 2. The molecule has 2 N–H and O–H groups in total. The highest BCUT2D eigenvalue weighted by atomic mass is 35.5. The van der Waals surface area contributed by atoms with Crippen LogP contribution < -0.4 is 10.6 Å². The van der Waals surface area contributed by atoms with E-state index in [4.69, 9.17) is 23.2 Å². The average molecular weight is 323 g/mol. The van der Waals surface area contributed by atoms with Crippen molar-refractivity contribution in [3.8, 4) is 0 Å². The molecule has 0 bridgehead atoms. The van der Waals surface area contributed by atoms with Crippen LogP contribution in [0.5, 0.6) is 0 Å². The van der Waals surface area contributed by atoms with Gasteiger partial charge in [-0.2, -0.15) is 0 Å². The van der Waals surface area contributed by atoms with Crippen LogP contribution in [0.4, 0.5) is 5.69 Å². The van der Waals surface area contributed by atoms with E-state index in [9.17, 15) is 4.79 Å². The number of para-hydroxylation sites is 1. The number of hydrogen-bond donors (Lipinski definition) is 2. The van der Waals surface area contributed by atoms with Crippen LogP contribution in [0.3, 0.4) is 0 Å². The molecule has 0 unspecified atom stereocenters. The monoisotopic (exact) mass is 322 g/mol. The standard InChI is InChI=1S/C16H16Cl2N2O/c17-13-9-12(10-14(18)11-13)16(21)20-8-4-7-19-15-5-2-1-3-6-15/h1-3,5-6,9-11,19H,4,7-8H2,(H,20,21). The number of carbonyl (C=O) groups excluding carboxylic acids is 1. The Morgan fingerprint density at radius 1 is 0.952 bits per heavy atom. The van der Waals surface area contributed by atoms with Gasteiger partial charge in [-0.05, 0) is 36.8 Å². The Hall–Kier alpha value is -1.71. The molecule has 0 heterocycles. The maximum atomic E-state index is 11.9. The van der Waals surface area contributed by atoms with Crippen LogP contribution >= 0.6 is 23.2 Å². The minimum Gasteiger partial charge on any atom is -0.385 e. The number of rotatable bonds is 6. The summed E-state index contributed by atoms with van der Waals surface area (Å²) >= 11 is 11.7. The summed E-state index contributed by atoms with van der Waals surface area (Å²) in [6.45, 7) is 1.38. The highest BCUT2D eigenvalue weighted by Gasteiger charge is 2.06. The van der Waals surface area contributed by atoms with E-state index in [-0.39, 0.29) is 5.91 Å². The summed E-state index contributed by atoms with van der Waals surface area (Å²) in [5.41, 5.74) is 1.55. The van der Waals surface area contributed by atoms with E-state index in [1.165, 1.54) is 0 Å². The van der Waals surface area contributed by atoms with Gasteiger partial charge in [0.05, 0.1) is 0 Å². The molecule has 0 saturated heterocycles. The zero-order valence-electron chi connectivity index (χ0n) is 11.4. The topological polar surface area (TPSA) is 41.1 Å². The van der Waals surface area contributed by atoms with E-state index >= 15 is 0 Å². The average Bonchev–Trinajstić information content (AvgIpc) is 2.47. The van der Waals surface area contributed by atoms with Gasteiger partial charge in [0, 0.05) is 34.4 Å². The fraction of sp³-hybridized carbons (Fsp3) is 0.188. The molecule has 2 rings (SSSR count). The van der Waals surface area contributed by atoms with Gasteiger partial charge in [0.25, 0.3) is 5.91 Å². The molecule has 1 amide bonds. The predicted molar refractivity (Wildman–Crippen MR) is 88.3 cm³/mol. The molecule has 0 radical (unpaired) electrons. The molecule has 0 atom stereocenters. The molecule has 0 spiro atoms. The molecule has 0 aliphatic carbocycles. The molecule has 2 aromatic carbocycles. The van der Waals surface area contributed by atoms with E-state index in [1.807, 2.05) is 30.3 Å². The number of halogens is 2. The number of benzene rings is 2. The minimum absolute atomic E-state index is 0.167. The van der Waals surface area contributed by atoms with Gasteiger partial charge in [0.1, 0.15) is 0 Å². The van der Waals surface area contributed by atoms with Gasteiger partial charge in [-0.25, -0.2) is 0 Å². The number of anilines is 1. The largest absolute Gasteiger partial charge is 0.385 e. The Labute approximate surface area is 134 Å². The third kappa shape index (κ3) is 5.29. The van der Waals surface area contributed by atoms with Crippen molar-refractivity contribution in [3.05, 3.63) is 64.1 Å². The van der Waals surface area contributed by atoms with Gasteiger partial charge < -0.3 is 10.6 Å².